The minimum absolute atomic E-state index is 0.653. The van der Waals surface area contributed by atoms with Crippen LogP contribution in [0.25, 0.3) is 0 Å². The Kier molecular flexibility index (Phi) is 2.64. The van der Waals surface area contributed by atoms with Crippen LogP contribution in [0.5, 0.6) is 0 Å². The van der Waals surface area contributed by atoms with Gasteiger partial charge in [-0.1, -0.05) is 0 Å². The topological polar surface area (TPSA) is 19.9 Å². The fourth-order valence-electron chi connectivity index (χ4n) is 0.219. The molecule has 1 radical (unpaired) electrons. The molecule has 0 spiro atoms. The van der Waals surface area contributed by atoms with Gasteiger partial charge in [0.05, 0.1) is 6.08 Å². The molecule has 0 fully saturated rings. The first-order valence-electron chi connectivity index (χ1n) is 1.98. The van der Waals surface area contributed by atoms with Crippen molar-refractivity contribution >= 4 is 0 Å². The van der Waals surface area contributed by atoms with Crippen molar-refractivity contribution in [1.82, 2.24) is 0 Å². The molecule has 0 saturated carbocycles. The highest BCUT2D eigenvalue weighted by Crippen LogP contribution is 2.18. The molecule has 0 saturated heterocycles. The molecule has 53 valence electrons. The third-order valence-electron chi connectivity index (χ3n) is 0.458. The number of hydrogen-bond donors (Lipinski definition) is 0. The normalized spacial score (nSPS) is 14.1. The third-order valence-corrected chi connectivity index (χ3v) is 0.458. The summed E-state index contributed by atoms with van der Waals surface area (Å²) in [5.74, 6) is -1.69. The van der Waals surface area contributed by atoms with E-state index in [1.165, 1.54) is 0 Å². The summed E-state index contributed by atoms with van der Waals surface area (Å²) < 4.78 is 44.6. The van der Waals surface area contributed by atoms with Gasteiger partial charge in [0.25, 0.3) is 0 Å². The van der Waals surface area contributed by atoms with Crippen molar-refractivity contribution < 1.29 is 22.7 Å². The maximum absolute atomic E-state index is 11.5. The SMILES string of the molecule is [O]C/C(F)=C/C(F)(F)F. The maximum Gasteiger partial charge on any atom is 0.412 e. The minimum atomic E-state index is -4.71. The van der Waals surface area contributed by atoms with Gasteiger partial charge in [-0.15, -0.1) is 0 Å². The summed E-state index contributed by atoms with van der Waals surface area (Å²) in [4.78, 5) is 0. The van der Waals surface area contributed by atoms with E-state index in [0.29, 0.717) is 0 Å². The zero-order valence-corrected chi connectivity index (χ0v) is 4.20. The van der Waals surface area contributed by atoms with Crippen molar-refractivity contribution in [3.05, 3.63) is 11.9 Å². The molecule has 0 rings (SSSR count). The Labute approximate surface area is 48.6 Å². The lowest BCUT2D eigenvalue weighted by atomic mass is 10.5. The van der Waals surface area contributed by atoms with E-state index in [2.05, 4.69) is 0 Å². The van der Waals surface area contributed by atoms with Gasteiger partial charge in [0.1, 0.15) is 12.4 Å². The van der Waals surface area contributed by atoms with Gasteiger partial charge in [-0.2, -0.15) is 13.2 Å². The molecule has 0 aliphatic heterocycles. The molecule has 0 amide bonds. The Balaban J connectivity index is 3.95. The molecular weight excluding hydrogens is 140 g/mol. The molecule has 0 aromatic heterocycles. The second-order valence-electron chi connectivity index (χ2n) is 1.28. The minimum Gasteiger partial charge on any atom is -0.229 e. The molecule has 0 bridgehead atoms. The van der Waals surface area contributed by atoms with Crippen molar-refractivity contribution in [3.63, 3.8) is 0 Å². The molecular formula is C4H3F4O. The van der Waals surface area contributed by atoms with Crippen LogP contribution in [0.4, 0.5) is 17.6 Å². The average molecular weight is 143 g/mol. The number of halogens is 4. The van der Waals surface area contributed by atoms with Gasteiger partial charge < -0.3 is 0 Å². The average Bonchev–Trinajstić information content (AvgIpc) is 1.62. The van der Waals surface area contributed by atoms with Gasteiger partial charge in [-0.05, 0) is 0 Å². The Morgan fingerprint density at radius 1 is 1.44 bits per heavy atom. The van der Waals surface area contributed by atoms with Gasteiger partial charge >= 0.3 is 6.18 Å². The van der Waals surface area contributed by atoms with Gasteiger partial charge in [-0.3, -0.25) is 0 Å². The predicted molar refractivity (Wildman–Crippen MR) is 20.8 cm³/mol. The third kappa shape index (κ3) is 5.29. The van der Waals surface area contributed by atoms with Gasteiger partial charge in [0.2, 0.25) is 0 Å². The Hall–Kier alpha value is -0.580. The van der Waals surface area contributed by atoms with Gasteiger partial charge in [0, 0.05) is 0 Å². The van der Waals surface area contributed by atoms with Crippen LogP contribution >= 0.6 is 0 Å². The number of alkyl halides is 3. The summed E-state index contributed by atoms with van der Waals surface area (Å²) in [7, 11) is 0. The smallest absolute Gasteiger partial charge is 0.229 e. The zero-order chi connectivity index (χ0) is 7.49. The van der Waals surface area contributed by atoms with Crippen LogP contribution in [0.2, 0.25) is 0 Å². The summed E-state index contributed by atoms with van der Waals surface area (Å²) in [5.41, 5.74) is 0. The van der Waals surface area contributed by atoms with Crippen LogP contribution in [0, 0.1) is 0 Å². The first kappa shape index (κ1) is 8.42. The van der Waals surface area contributed by atoms with E-state index in [1.807, 2.05) is 0 Å². The largest absolute Gasteiger partial charge is 0.412 e. The molecule has 0 aliphatic carbocycles. The molecule has 0 aliphatic rings. The van der Waals surface area contributed by atoms with E-state index in [4.69, 9.17) is 0 Å². The fraction of sp³-hybridized carbons (Fsp3) is 0.500. The van der Waals surface area contributed by atoms with E-state index < -0.39 is 24.7 Å². The van der Waals surface area contributed by atoms with Crippen molar-refractivity contribution in [2.75, 3.05) is 6.61 Å². The van der Waals surface area contributed by atoms with Crippen LogP contribution in [0.1, 0.15) is 0 Å². The lowest BCUT2D eigenvalue weighted by Crippen LogP contribution is -2.02. The standard InChI is InChI=1S/C4H3F4O/c5-3(2-9)1-4(6,7)8/h1H,2H2/b3-1-. The summed E-state index contributed by atoms with van der Waals surface area (Å²) in [6.45, 7) is -1.46. The van der Waals surface area contributed by atoms with E-state index in [-0.39, 0.29) is 0 Å². The van der Waals surface area contributed by atoms with E-state index in [1.54, 1.807) is 0 Å². The highest BCUT2D eigenvalue weighted by atomic mass is 19.4. The summed E-state index contributed by atoms with van der Waals surface area (Å²) in [5, 5.41) is 9.36. The first-order valence-corrected chi connectivity index (χ1v) is 1.98. The molecule has 0 heterocycles. The van der Waals surface area contributed by atoms with E-state index in [0.717, 1.165) is 0 Å². The fourth-order valence-corrected chi connectivity index (χ4v) is 0.219. The van der Waals surface area contributed by atoms with Crippen molar-refractivity contribution in [1.29, 1.82) is 0 Å². The first-order chi connectivity index (χ1) is 3.95. The number of allylic oxidation sites excluding steroid dienone is 1. The lowest BCUT2D eigenvalue weighted by molar-refractivity contribution is -0.0821. The van der Waals surface area contributed by atoms with Crippen LogP contribution in [0.15, 0.2) is 11.9 Å². The molecule has 1 nitrogen and oxygen atoms in total. The highest BCUT2D eigenvalue weighted by molar-refractivity contribution is 4.96. The molecule has 0 aromatic rings. The van der Waals surface area contributed by atoms with Gasteiger partial charge in [-0.25, -0.2) is 9.50 Å². The van der Waals surface area contributed by atoms with E-state index >= 15 is 0 Å². The number of rotatable bonds is 1. The summed E-state index contributed by atoms with van der Waals surface area (Å²) >= 11 is 0. The summed E-state index contributed by atoms with van der Waals surface area (Å²) in [6, 6.07) is 0. The predicted octanol–water partition coefficient (Wildman–Crippen LogP) is 1.83. The van der Waals surface area contributed by atoms with Crippen LogP contribution in [-0.2, 0) is 5.11 Å². The van der Waals surface area contributed by atoms with Crippen LogP contribution in [0.3, 0.4) is 0 Å². The van der Waals surface area contributed by atoms with Crippen LogP contribution < -0.4 is 0 Å². The van der Waals surface area contributed by atoms with Crippen molar-refractivity contribution in [3.8, 4) is 0 Å². The molecule has 0 aromatic carbocycles. The van der Waals surface area contributed by atoms with Crippen molar-refractivity contribution in [2.24, 2.45) is 0 Å². The molecule has 9 heavy (non-hydrogen) atoms. The lowest BCUT2D eigenvalue weighted by Gasteiger charge is -1.96. The second-order valence-corrected chi connectivity index (χ2v) is 1.28. The molecule has 0 unspecified atom stereocenters. The Morgan fingerprint density at radius 2 is 1.89 bits per heavy atom. The quantitative estimate of drug-likeness (QED) is 0.499. The summed E-state index contributed by atoms with van der Waals surface area (Å²) in [6.07, 6.45) is -5.37. The highest BCUT2D eigenvalue weighted by Gasteiger charge is 2.24. The monoisotopic (exact) mass is 143 g/mol. The zero-order valence-electron chi connectivity index (χ0n) is 4.20. The van der Waals surface area contributed by atoms with Gasteiger partial charge in [0.15, 0.2) is 0 Å². The molecule has 0 atom stereocenters. The second kappa shape index (κ2) is 2.82. The molecule has 0 N–H and O–H groups in total. The maximum atomic E-state index is 11.5. The molecule has 5 heteroatoms. The van der Waals surface area contributed by atoms with Crippen molar-refractivity contribution in [2.45, 2.75) is 6.18 Å². The Bertz CT molecular complexity index is 114. The Morgan fingerprint density at radius 3 is 2.00 bits per heavy atom. The number of hydrogen-bond acceptors (Lipinski definition) is 0. The van der Waals surface area contributed by atoms with Crippen LogP contribution in [-0.4, -0.2) is 12.8 Å². The van der Waals surface area contributed by atoms with E-state index in [9.17, 15) is 22.7 Å².